The lowest BCUT2D eigenvalue weighted by Gasteiger charge is -2.13. The average Bonchev–Trinajstić information content (AvgIpc) is 2.78. The fourth-order valence-electron chi connectivity index (χ4n) is 1.57. The summed E-state index contributed by atoms with van der Waals surface area (Å²) in [6.07, 6.45) is 0. The molecule has 0 aliphatic heterocycles. The normalized spacial score (nSPS) is 10.4. The third kappa shape index (κ3) is 2.01. The Morgan fingerprint density at radius 2 is 2.06 bits per heavy atom. The minimum atomic E-state index is -0.502. The van der Waals surface area contributed by atoms with Crippen molar-refractivity contribution in [1.82, 2.24) is 5.16 Å². The molecule has 0 bridgehead atoms. The predicted octanol–water partition coefficient (Wildman–Crippen LogP) is 2.84. The quantitative estimate of drug-likeness (QED) is 0.942. The number of methoxy groups -OCH3 is 2. The van der Waals surface area contributed by atoms with Gasteiger partial charge in [0.15, 0.2) is 23.1 Å². The molecule has 0 unspecified atom stereocenters. The van der Waals surface area contributed by atoms with Gasteiger partial charge in [-0.05, 0) is 15.9 Å². The molecule has 0 spiro atoms. The van der Waals surface area contributed by atoms with Crippen molar-refractivity contribution in [1.29, 1.82) is 0 Å². The number of benzene rings is 1. The van der Waals surface area contributed by atoms with Gasteiger partial charge in [-0.3, -0.25) is 0 Å². The van der Waals surface area contributed by atoms with Crippen LogP contribution in [0.15, 0.2) is 21.1 Å². The molecule has 0 aliphatic carbocycles. The zero-order valence-electron chi connectivity index (χ0n) is 9.66. The summed E-state index contributed by atoms with van der Waals surface area (Å²) < 4.78 is 29.3. The van der Waals surface area contributed by atoms with E-state index in [1.807, 2.05) is 0 Å². The number of nitrogen functional groups attached to an aromatic ring is 1. The third-order valence-electron chi connectivity index (χ3n) is 2.34. The monoisotopic (exact) mass is 316 g/mol. The molecule has 1 aromatic heterocycles. The number of hydrogen-bond donors (Lipinski definition) is 1. The number of anilines is 1. The molecule has 0 radical (unpaired) electrons. The Hall–Kier alpha value is -1.76. The summed E-state index contributed by atoms with van der Waals surface area (Å²) in [6.45, 7) is 0. The van der Waals surface area contributed by atoms with Crippen LogP contribution in [0.4, 0.5) is 10.2 Å². The standard InChI is InChI=1S/C11H10BrFN2O3/c1-16-7-3-5(13)10(12)9(11(7)17-2)6-4-8(14)15-18-6/h3-4H,1-2H3,(H2,14,15). The molecule has 2 rings (SSSR count). The van der Waals surface area contributed by atoms with Crippen molar-refractivity contribution in [2.45, 2.75) is 0 Å². The summed E-state index contributed by atoms with van der Waals surface area (Å²) in [6, 6.07) is 2.69. The first-order chi connectivity index (χ1) is 8.58. The van der Waals surface area contributed by atoms with Crippen LogP contribution in [-0.2, 0) is 0 Å². The number of ether oxygens (including phenoxy) is 2. The van der Waals surface area contributed by atoms with Gasteiger partial charge < -0.3 is 19.7 Å². The van der Waals surface area contributed by atoms with E-state index in [9.17, 15) is 4.39 Å². The minimum Gasteiger partial charge on any atom is -0.493 e. The Kier molecular flexibility index (Phi) is 3.42. The molecule has 18 heavy (non-hydrogen) atoms. The molecule has 0 saturated carbocycles. The highest BCUT2D eigenvalue weighted by Gasteiger charge is 2.22. The van der Waals surface area contributed by atoms with Gasteiger partial charge in [0, 0.05) is 12.1 Å². The van der Waals surface area contributed by atoms with Gasteiger partial charge in [0.1, 0.15) is 5.82 Å². The Labute approximate surface area is 111 Å². The van der Waals surface area contributed by atoms with E-state index in [0.29, 0.717) is 11.3 Å². The Balaban J connectivity index is 2.74. The highest BCUT2D eigenvalue weighted by atomic mass is 79.9. The first-order valence-corrected chi connectivity index (χ1v) is 5.70. The van der Waals surface area contributed by atoms with E-state index in [1.165, 1.54) is 26.4 Å². The Morgan fingerprint density at radius 3 is 2.56 bits per heavy atom. The Morgan fingerprint density at radius 1 is 1.33 bits per heavy atom. The molecule has 2 aromatic rings. The maximum absolute atomic E-state index is 13.8. The summed E-state index contributed by atoms with van der Waals surface area (Å²) in [5, 5.41) is 3.56. The van der Waals surface area contributed by atoms with Crippen molar-refractivity contribution >= 4 is 21.7 Å². The second-order valence-electron chi connectivity index (χ2n) is 3.40. The van der Waals surface area contributed by atoms with Crippen molar-refractivity contribution in [2.24, 2.45) is 0 Å². The predicted molar refractivity (Wildman–Crippen MR) is 67.1 cm³/mol. The molecule has 0 atom stereocenters. The lowest BCUT2D eigenvalue weighted by Crippen LogP contribution is -1.96. The summed E-state index contributed by atoms with van der Waals surface area (Å²) in [4.78, 5) is 0. The van der Waals surface area contributed by atoms with Crippen molar-refractivity contribution in [2.75, 3.05) is 20.0 Å². The van der Waals surface area contributed by atoms with Gasteiger partial charge in [0.25, 0.3) is 0 Å². The van der Waals surface area contributed by atoms with Crippen LogP contribution in [0.2, 0.25) is 0 Å². The number of nitrogens with zero attached hydrogens (tertiary/aromatic N) is 1. The maximum Gasteiger partial charge on any atom is 0.174 e. The van der Waals surface area contributed by atoms with Gasteiger partial charge in [-0.25, -0.2) is 4.39 Å². The molecule has 1 heterocycles. The summed E-state index contributed by atoms with van der Waals surface area (Å²) in [5.41, 5.74) is 5.84. The molecule has 1 aromatic carbocycles. The molecule has 5 nitrogen and oxygen atoms in total. The molecule has 0 saturated heterocycles. The van der Waals surface area contributed by atoms with Crippen LogP contribution in [-0.4, -0.2) is 19.4 Å². The van der Waals surface area contributed by atoms with Gasteiger partial charge in [0.05, 0.1) is 24.3 Å². The molecule has 0 aliphatic rings. The van der Waals surface area contributed by atoms with E-state index in [2.05, 4.69) is 21.1 Å². The lowest BCUT2D eigenvalue weighted by molar-refractivity contribution is 0.351. The smallest absolute Gasteiger partial charge is 0.174 e. The van der Waals surface area contributed by atoms with Crippen LogP contribution in [0.3, 0.4) is 0 Å². The van der Waals surface area contributed by atoms with Crippen molar-refractivity contribution < 1.29 is 18.4 Å². The van der Waals surface area contributed by atoms with Crippen molar-refractivity contribution in [3.63, 3.8) is 0 Å². The fourth-order valence-corrected chi connectivity index (χ4v) is 2.06. The second kappa shape index (κ2) is 4.85. The van der Waals surface area contributed by atoms with Gasteiger partial charge in [-0.2, -0.15) is 0 Å². The zero-order chi connectivity index (χ0) is 13.3. The van der Waals surface area contributed by atoms with Crippen LogP contribution in [0.1, 0.15) is 0 Å². The van der Waals surface area contributed by atoms with Crippen LogP contribution in [0.5, 0.6) is 11.5 Å². The molecule has 96 valence electrons. The zero-order valence-corrected chi connectivity index (χ0v) is 11.2. The van der Waals surface area contributed by atoms with Crippen LogP contribution in [0, 0.1) is 5.82 Å². The highest BCUT2D eigenvalue weighted by Crippen LogP contribution is 2.44. The number of aromatic nitrogens is 1. The summed E-state index contributed by atoms with van der Waals surface area (Å²) in [5.74, 6) is 0.568. The van der Waals surface area contributed by atoms with E-state index in [4.69, 9.17) is 19.7 Å². The van der Waals surface area contributed by atoms with Gasteiger partial charge in [0.2, 0.25) is 0 Å². The van der Waals surface area contributed by atoms with Crippen LogP contribution in [0.25, 0.3) is 11.3 Å². The highest BCUT2D eigenvalue weighted by molar-refractivity contribution is 9.10. The number of halogens is 2. The maximum atomic E-state index is 13.8. The van der Waals surface area contributed by atoms with Gasteiger partial charge in [-0.15, -0.1) is 0 Å². The van der Waals surface area contributed by atoms with Crippen LogP contribution >= 0.6 is 15.9 Å². The fraction of sp³-hybridized carbons (Fsp3) is 0.182. The topological polar surface area (TPSA) is 70.5 Å². The first-order valence-electron chi connectivity index (χ1n) is 4.91. The van der Waals surface area contributed by atoms with E-state index >= 15 is 0 Å². The Bertz CT molecular complexity index is 586. The number of rotatable bonds is 3. The van der Waals surface area contributed by atoms with Gasteiger partial charge in [-0.1, -0.05) is 5.16 Å². The number of nitrogens with two attached hydrogens (primary N) is 1. The van der Waals surface area contributed by atoms with Crippen molar-refractivity contribution in [3.8, 4) is 22.8 Å². The molecule has 2 N–H and O–H groups in total. The van der Waals surface area contributed by atoms with E-state index in [0.717, 1.165) is 0 Å². The van der Waals surface area contributed by atoms with Gasteiger partial charge >= 0.3 is 0 Å². The van der Waals surface area contributed by atoms with E-state index in [1.54, 1.807) is 0 Å². The third-order valence-corrected chi connectivity index (χ3v) is 3.11. The second-order valence-corrected chi connectivity index (χ2v) is 4.19. The largest absolute Gasteiger partial charge is 0.493 e. The first kappa shape index (κ1) is 12.7. The summed E-state index contributed by atoms with van der Waals surface area (Å²) in [7, 11) is 2.87. The molecular weight excluding hydrogens is 307 g/mol. The minimum absolute atomic E-state index is 0.191. The van der Waals surface area contributed by atoms with Crippen LogP contribution < -0.4 is 15.2 Å². The average molecular weight is 317 g/mol. The molecule has 7 heteroatoms. The SMILES string of the molecule is COc1cc(F)c(Br)c(-c2cc(N)no2)c1OC. The number of hydrogen-bond acceptors (Lipinski definition) is 5. The summed E-state index contributed by atoms with van der Waals surface area (Å²) >= 11 is 3.14. The van der Waals surface area contributed by atoms with E-state index < -0.39 is 5.82 Å². The molecule has 0 amide bonds. The van der Waals surface area contributed by atoms with Crippen molar-refractivity contribution in [3.05, 3.63) is 22.4 Å². The molecular formula is C11H10BrFN2O3. The molecule has 0 fully saturated rings. The lowest BCUT2D eigenvalue weighted by atomic mass is 10.1. The van der Waals surface area contributed by atoms with E-state index in [-0.39, 0.29) is 21.8 Å².